The zero-order valence-corrected chi connectivity index (χ0v) is 14.7. The summed E-state index contributed by atoms with van der Waals surface area (Å²) in [6.45, 7) is 2.04. The van der Waals surface area contributed by atoms with Crippen LogP contribution in [0, 0.1) is 0 Å². The predicted molar refractivity (Wildman–Crippen MR) is 97.4 cm³/mol. The number of nitrogens with zero attached hydrogens (tertiary/aromatic N) is 4. The fourth-order valence-electron chi connectivity index (χ4n) is 2.45. The number of carbonyl (C=O) groups is 1. The molecule has 0 aliphatic heterocycles. The molecule has 0 atom stereocenters. The van der Waals surface area contributed by atoms with Gasteiger partial charge in [0.2, 0.25) is 0 Å². The highest BCUT2D eigenvalue weighted by Crippen LogP contribution is 2.33. The molecule has 8 heteroatoms. The van der Waals surface area contributed by atoms with E-state index in [4.69, 9.17) is 4.42 Å². The van der Waals surface area contributed by atoms with Gasteiger partial charge in [-0.25, -0.2) is 4.98 Å². The predicted octanol–water partition coefficient (Wildman–Crippen LogP) is 3.68. The van der Waals surface area contributed by atoms with Crippen molar-refractivity contribution in [3.8, 4) is 0 Å². The third kappa shape index (κ3) is 3.18. The fourth-order valence-corrected chi connectivity index (χ4v) is 3.46. The molecule has 4 rings (SSSR count). The van der Waals surface area contributed by atoms with Crippen LogP contribution >= 0.6 is 11.8 Å². The van der Waals surface area contributed by atoms with Gasteiger partial charge in [0.1, 0.15) is 11.4 Å². The molecule has 7 nitrogen and oxygen atoms in total. The van der Waals surface area contributed by atoms with Crippen molar-refractivity contribution in [3.63, 3.8) is 0 Å². The minimum atomic E-state index is -0.294. The van der Waals surface area contributed by atoms with Crippen molar-refractivity contribution in [1.29, 1.82) is 0 Å². The lowest BCUT2D eigenvalue weighted by atomic mass is 10.3. The largest absolute Gasteiger partial charge is 0.459 e. The SMILES string of the molecule is CCc1cc(Sc2ccccc2NC(=O)c2ccco2)n2ncnc2n1. The van der Waals surface area contributed by atoms with Crippen LogP contribution in [-0.2, 0) is 6.42 Å². The molecule has 0 aliphatic rings. The lowest BCUT2D eigenvalue weighted by molar-refractivity contribution is 0.0996. The van der Waals surface area contributed by atoms with Gasteiger partial charge < -0.3 is 9.73 Å². The third-order valence-corrected chi connectivity index (χ3v) is 4.81. The van der Waals surface area contributed by atoms with Gasteiger partial charge >= 0.3 is 0 Å². The summed E-state index contributed by atoms with van der Waals surface area (Å²) in [5, 5.41) is 8.01. The van der Waals surface area contributed by atoms with Gasteiger partial charge in [0, 0.05) is 10.6 Å². The lowest BCUT2D eigenvalue weighted by Crippen LogP contribution is -2.11. The number of para-hydroxylation sites is 1. The quantitative estimate of drug-likeness (QED) is 0.543. The zero-order valence-electron chi connectivity index (χ0n) is 13.9. The van der Waals surface area contributed by atoms with Crippen LogP contribution in [-0.4, -0.2) is 25.5 Å². The monoisotopic (exact) mass is 365 g/mol. The highest BCUT2D eigenvalue weighted by molar-refractivity contribution is 7.99. The molecule has 3 heterocycles. The van der Waals surface area contributed by atoms with Crippen molar-refractivity contribution in [2.45, 2.75) is 23.3 Å². The Labute approximate surface area is 153 Å². The van der Waals surface area contributed by atoms with Gasteiger partial charge in [-0.15, -0.1) is 0 Å². The molecule has 0 saturated carbocycles. The first-order valence-corrected chi connectivity index (χ1v) is 8.87. The molecule has 0 aliphatic carbocycles. The van der Waals surface area contributed by atoms with Gasteiger partial charge in [0.25, 0.3) is 11.7 Å². The normalized spacial score (nSPS) is 11.0. The van der Waals surface area contributed by atoms with Crippen LogP contribution < -0.4 is 5.32 Å². The molecule has 0 spiro atoms. The number of hydrogen-bond donors (Lipinski definition) is 1. The van der Waals surface area contributed by atoms with Gasteiger partial charge in [-0.05, 0) is 36.8 Å². The summed E-state index contributed by atoms with van der Waals surface area (Å²) < 4.78 is 6.84. The van der Waals surface area contributed by atoms with Crippen LogP contribution in [0.5, 0.6) is 0 Å². The Morgan fingerprint density at radius 3 is 2.96 bits per heavy atom. The van der Waals surface area contributed by atoms with Gasteiger partial charge in [-0.2, -0.15) is 14.6 Å². The summed E-state index contributed by atoms with van der Waals surface area (Å²) >= 11 is 1.49. The van der Waals surface area contributed by atoms with Crippen molar-refractivity contribution >= 4 is 29.1 Å². The molecule has 3 aromatic heterocycles. The maximum atomic E-state index is 12.3. The summed E-state index contributed by atoms with van der Waals surface area (Å²) in [6, 6.07) is 12.9. The second-order valence-corrected chi connectivity index (χ2v) is 6.50. The Morgan fingerprint density at radius 2 is 2.15 bits per heavy atom. The van der Waals surface area contributed by atoms with Crippen molar-refractivity contribution in [1.82, 2.24) is 19.6 Å². The zero-order chi connectivity index (χ0) is 17.9. The van der Waals surface area contributed by atoms with E-state index in [9.17, 15) is 4.79 Å². The first-order valence-electron chi connectivity index (χ1n) is 8.06. The van der Waals surface area contributed by atoms with Crippen LogP contribution in [0.1, 0.15) is 23.2 Å². The minimum absolute atomic E-state index is 0.264. The summed E-state index contributed by atoms with van der Waals surface area (Å²) in [6.07, 6.45) is 3.75. The van der Waals surface area contributed by atoms with Crippen molar-refractivity contribution < 1.29 is 9.21 Å². The molecule has 130 valence electrons. The van der Waals surface area contributed by atoms with Crippen LogP contribution in [0.15, 0.2) is 69.4 Å². The van der Waals surface area contributed by atoms with Gasteiger partial charge in [-0.3, -0.25) is 4.79 Å². The Kier molecular flexibility index (Phi) is 4.40. The number of rotatable bonds is 5. The summed E-state index contributed by atoms with van der Waals surface area (Å²) in [5.74, 6) is 0.530. The minimum Gasteiger partial charge on any atom is -0.459 e. The van der Waals surface area contributed by atoms with E-state index in [1.165, 1.54) is 24.4 Å². The number of amides is 1. The van der Waals surface area contributed by atoms with E-state index in [1.54, 1.807) is 16.6 Å². The molecular weight excluding hydrogens is 350 g/mol. The maximum Gasteiger partial charge on any atom is 0.291 e. The highest BCUT2D eigenvalue weighted by atomic mass is 32.2. The number of aryl methyl sites for hydroxylation is 1. The number of aromatic nitrogens is 4. The van der Waals surface area contributed by atoms with Crippen LogP contribution in [0.4, 0.5) is 5.69 Å². The van der Waals surface area contributed by atoms with E-state index >= 15 is 0 Å². The van der Waals surface area contributed by atoms with Gasteiger partial charge in [0.05, 0.1) is 12.0 Å². The van der Waals surface area contributed by atoms with Crippen LogP contribution in [0.3, 0.4) is 0 Å². The van der Waals surface area contributed by atoms with E-state index in [-0.39, 0.29) is 11.7 Å². The first kappa shape index (κ1) is 16.3. The Morgan fingerprint density at radius 1 is 1.27 bits per heavy atom. The maximum absolute atomic E-state index is 12.3. The van der Waals surface area contributed by atoms with Crippen LogP contribution in [0.2, 0.25) is 0 Å². The standard InChI is InChI=1S/C18H15N5O2S/c1-2-12-10-16(23-18(21-12)19-11-20-23)26-15-8-4-3-6-13(15)22-17(24)14-7-5-9-25-14/h3-11H,2H2,1H3,(H,22,24). The average molecular weight is 365 g/mol. The molecule has 0 unspecified atom stereocenters. The lowest BCUT2D eigenvalue weighted by Gasteiger charge is -2.11. The number of fused-ring (bicyclic) bond motifs is 1. The van der Waals surface area contributed by atoms with Crippen molar-refractivity contribution in [2.24, 2.45) is 0 Å². The third-order valence-electron chi connectivity index (χ3n) is 3.73. The number of furan rings is 1. The molecule has 1 N–H and O–H groups in total. The van der Waals surface area contributed by atoms with Gasteiger partial charge in [-0.1, -0.05) is 30.8 Å². The second kappa shape index (κ2) is 7.01. The topological polar surface area (TPSA) is 85.3 Å². The average Bonchev–Trinajstić information content (AvgIpc) is 3.35. The Hall–Kier alpha value is -3.13. The van der Waals surface area contributed by atoms with E-state index in [1.807, 2.05) is 37.3 Å². The summed E-state index contributed by atoms with van der Waals surface area (Å²) in [7, 11) is 0. The highest BCUT2D eigenvalue weighted by Gasteiger charge is 2.14. The van der Waals surface area contributed by atoms with Gasteiger partial charge in [0.15, 0.2) is 5.76 Å². The Balaban J connectivity index is 1.67. The number of hydrogen-bond acceptors (Lipinski definition) is 6. The molecule has 1 amide bonds. The van der Waals surface area contributed by atoms with E-state index < -0.39 is 0 Å². The smallest absolute Gasteiger partial charge is 0.291 e. The summed E-state index contributed by atoms with van der Waals surface area (Å²) in [4.78, 5) is 21.8. The number of anilines is 1. The molecule has 0 saturated heterocycles. The van der Waals surface area contributed by atoms with Crippen molar-refractivity contribution in [3.05, 3.63) is 66.5 Å². The second-order valence-electron chi connectivity index (χ2n) is 5.44. The molecule has 26 heavy (non-hydrogen) atoms. The van der Waals surface area contributed by atoms with Crippen LogP contribution in [0.25, 0.3) is 5.78 Å². The molecular formula is C18H15N5O2S. The van der Waals surface area contributed by atoms with E-state index in [0.29, 0.717) is 11.5 Å². The summed E-state index contributed by atoms with van der Waals surface area (Å²) in [5.41, 5.74) is 1.63. The molecule has 1 aromatic carbocycles. The number of benzene rings is 1. The Bertz CT molecular complexity index is 1060. The first-order chi connectivity index (χ1) is 12.7. The van der Waals surface area contributed by atoms with Crippen molar-refractivity contribution in [2.75, 3.05) is 5.32 Å². The fraction of sp³-hybridized carbons (Fsp3) is 0.111. The molecule has 0 bridgehead atoms. The number of carbonyl (C=O) groups excluding carboxylic acids is 1. The molecule has 0 radical (unpaired) electrons. The molecule has 4 aromatic rings. The van der Waals surface area contributed by atoms with E-state index in [0.717, 1.165) is 22.0 Å². The van der Waals surface area contributed by atoms with E-state index in [2.05, 4.69) is 20.4 Å². The molecule has 0 fully saturated rings. The number of nitrogens with one attached hydrogen (secondary N) is 1.